The molecule has 14 heteroatoms. The summed E-state index contributed by atoms with van der Waals surface area (Å²) in [5.74, 6) is -1.29. The molecule has 6 heterocycles. The van der Waals surface area contributed by atoms with Crippen molar-refractivity contribution in [2.75, 3.05) is 40.0 Å². The van der Waals surface area contributed by atoms with E-state index in [1.165, 1.54) is 16.3 Å². The number of rotatable bonds is 7. The van der Waals surface area contributed by atoms with E-state index in [0.717, 1.165) is 56.2 Å². The number of hydrogen-bond acceptors (Lipinski definition) is 11. The van der Waals surface area contributed by atoms with Crippen LogP contribution in [-0.2, 0) is 47.9 Å². The van der Waals surface area contributed by atoms with Crippen molar-refractivity contribution in [1.29, 1.82) is 0 Å². The van der Waals surface area contributed by atoms with Crippen LogP contribution in [0.3, 0.4) is 0 Å². The Labute approximate surface area is 313 Å². The number of ether oxygens (including phenoxy) is 4. The number of amides is 2. The number of cyclic esters (lactones) is 1. The van der Waals surface area contributed by atoms with Crippen molar-refractivity contribution < 1.29 is 33.3 Å². The van der Waals surface area contributed by atoms with Gasteiger partial charge in [0.05, 0.1) is 53.9 Å². The van der Waals surface area contributed by atoms with Gasteiger partial charge in [-0.2, -0.15) is 0 Å². The Morgan fingerprint density at radius 3 is 2.81 bits per heavy atom. The molecule has 4 aromatic rings. The van der Waals surface area contributed by atoms with Gasteiger partial charge in [-0.1, -0.05) is 19.9 Å². The van der Waals surface area contributed by atoms with E-state index in [0.29, 0.717) is 45.4 Å². The van der Waals surface area contributed by atoms with Gasteiger partial charge < -0.3 is 28.8 Å². The molecule has 7 rings (SSSR count). The van der Waals surface area contributed by atoms with E-state index >= 15 is 0 Å². The summed E-state index contributed by atoms with van der Waals surface area (Å²) in [5, 5.41) is 8.15. The Bertz CT molecular complexity index is 1990. The molecule has 0 radical (unpaired) electrons. The summed E-state index contributed by atoms with van der Waals surface area (Å²) in [6.45, 7) is 10.5. The summed E-state index contributed by atoms with van der Waals surface area (Å²) in [6, 6.07) is 9.83. The van der Waals surface area contributed by atoms with E-state index in [1.54, 1.807) is 13.3 Å². The Balaban J connectivity index is 1.31. The van der Waals surface area contributed by atoms with E-state index in [9.17, 15) is 14.4 Å². The highest BCUT2D eigenvalue weighted by atomic mass is 32.1. The van der Waals surface area contributed by atoms with Crippen LogP contribution in [-0.4, -0.2) is 89.7 Å². The lowest BCUT2D eigenvalue weighted by Gasteiger charge is -2.35. The molecule has 0 spiro atoms. The maximum atomic E-state index is 14.0. The van der Waals surface area contributed by atoms with Gasteiger partial charge in [-0.25, -0.2) is 15.2 Å². The molecule has 13 nitrogen and oxygen atoms in total. The molecule has 3 aliphatic heterocycles. The molecule has 3 aromatic heterocycles. The largest absolute Gasteiger partial charge is 0.464 e. The number of esters is 1. The molecule has 2 N–H and O–H groups in total. The highest BCUT2D eigenvalue weighted by molar-refractivity contribution is 7.10. The first-order valence-corrected chi connectivity index (χ1v) is 19.3. The van der Waals surface area contributed by atoms with Gasteiger partial charge in [-0.15, -0.1) is 11.3 Å². The zero-order valence-electron chi connectivity index (χ0n) is 31.0. The van der Waals surface area contributed by atoms with Crippen LogP contribution in [0.15, 0.2) is 41.9 Å². The average Bonchev–Trinajstić information content (AvgIpc) is 3.74. The minimum atomic E-state index is -0.681. The van der Waals surface area contributed by atoms with Crippen molar-refractivity contribution in [3.05, 3.63) is 58.2 Å². The zero-order valence-corrected chi connectivity index (χ0v) is 31.8. The van der Waals surface area contributed by atoms with Gasteiger partial charge in [-0.05, 0) is 62.9 Å². The lowest BCUT2D eigenvalue weighted by molar-refractivity contribution is -0.155. The first-order valence-electron chi connectivity index (χ1n) is 18.4. The van der Waals surface area contributed by atoms with Crippen LogP contribution in [0.2, 0.25) is 0 Å². The number of nitrogens with zero attached hydrogens (tertiary/aromatic N) is 4. The van der Waals surface area contributed by atoms with E-state index < -0.39 is 29.4 Å². The highest BCUT2D eigenvalue weighted by Gasteiger charge is 2.35. The fraction of sp³-hybridized carbons (Fsp3) is 0.513. The third-order valence-electron chi connectivity index (χ3n) is 10.3. The number of aromatic nitrogens is 3. The van der Waals surface area contributed by atoms with Gasteiger partial charge in [0.15, 0.2) is 6.10 Å². The molecule has 2 amide bonds. The molecule has 0 aliphatic carbocycles. The number of aryl methyl sites for hydroxylation is 1. The second-order valence-corrected chi connectivity index (χ2v) is 15.8. The summed E-state index contributed by atoms with van der Waals surface area (Å²) in [6.07, 6.45) is 2.76. The summed E-state index contributed by atoms with van der Waals surface area (Å²) >= 11 is 1.48. The number of carbonyl (C=O) groups is 3. The fourth-order valence-electron chi connectivity index (χ4n) is 7.36. The molecule has 6 bridgehead atoms. The molecule has 3 atom stereocenters. The van der Waals surface area contributed by atoms with Gasteiger partial charge >= 0.3 is 12.1 Å². The predicted molar refractivity (Wildman–Crippen MR) is 200 cm³/mol. The molecule has 3 aliphatic rings. The Morgan fingerprint density at radius 1 is 1.23 bits per heavy atom. The van der Waals surface area contributed by atoms with E-state index in [4.69, 9.17) is 28.9 Å². The Hall–Kier alpha value is -4.37. The molecular formula is C39H48N6O7S. The molecule has 282 valence electrons. The minimum Gasteiger partial charge on any atom is -0.464 e. The topological polar surface area (TPSA) is 146 Å². The minimum absolute atomic E-state index is 0.0439. The molecule has 0 saturated carbocycles. The van der Waals surface area contributed by atoms with Crippen molar-refractivity contribution >= 4 is 40.2 Å². The van der Waals surface area contributed by atoms with Gasteiger partial charge in [0.25, 0.3) is 0 Å². The first kappa shape index (κ1) is 37.0. The van der Waals surface area contributed by atoms with Gasteiger partial charge in [-0.3, -0.25) is 19.6 Å². The second-order valence-electron chi connectivity index (χ2n) is 14.9. The lowest BCUT2D eigenvalue weighted by atomic mass is 9.84. The maximum Gasteiger partial charge on any atom is 0.407 e. The van der Waals surface area contributed by atoms with Crippen LogP contribution < -0.4 is 10.7 Å². The number of benzene rings is 1. The Kier molecular flexibility index (Phi) is 10.8. The van der Waals surface area contributed by atoms with E-state index in [1.807, 2.05) is 18.4 Å². The van der Waals surface area contributed by atoms with Crippen LogP contribution in [0.25, 0.3) is 33.4 Å². The molecule has 1 aromatic carbocycles. The molecular weight excluding hydrogens is 697 g/mol. The Morgan fingerprint density at radius 2 is 2.06 bits per heavy atom. The van der Waals surface area contributed by atoms with Crippen LogP contribution in [0.1, 0.15) is 62.9 Å². The SMILES string of the molecule is CCn1c(-c2cccnc2[C@H](C)OC)c2c3cc(ccc31)-c1csc(n1)C[C@H](CNC(=O)OC1COC1)C(=O)N1CCC[C@H](N1)C(=O)OCC(C)(C)C2. The number of alkyl carbamates (subject to hydrolysis) is 1. The van der Waals surface area contributed by atoms with Crippen LogP contribution >= 0.6 is 11.3 Å². The van der Waals surface area contributed by atoms with Crippen LogP contribution in [0.5, 0.6) is 0 Å². The van der Waals surface area contributed by atoms with Crippen molar-refractivity contribution in [2.45, 2.75) is 78.2 Å². The fourth-order valence-corrected chi connectivity index (χ4v) is 8.25. The highest BCUT2D eigenvalue weighted by Crippen LogP contribution is 2.42. The third kappa shape index (κ3) is 7.82. The number of thiazole rings is 1. The molecule has 2 saturated heterocycles. The van der Waals surface area contributed by atoms with E-state index in [2.05, 4.69) is 60.3 Å². The van der Waals surface area contributed by atoms with Crippen molar-refractivity contribution in [2.24, 2.45) is 11.3 Å². The number of hydrazine groups is 1. The lowest BCUT2D eigenvalue weighted by Crippen LogP contribution is -2.58. The summed E-state index contributed by atoms with van der Waals surface area (Å²) in [7, 11) is 1.69. The van der Waals surface area contributed by atoms with Gasteiger partial charge in [0.1, 0.15) is 6.04 Å². The normalized spacial score (nSPS) is 21.4. The molecule has 53 heavy (non-hydrogen) atoms. The monoisotopic (exact) mass is 744 g/mol. The number of pyridine rings is 1. The van der Waals surface area contributed by atoms with Crippen molar-refractivity contribution in [3.8, 4) is 22.5 Å². The molecule has 2 fully saturated rings. The van der Waals surface area contributed by atoms with Crippen molar-refractivity contribution in [3.63, 3.8) is 0 Å². The average molecular weight is 745 g/mol. The van der Waals surface area contributed by atoms with E-state index in [-0.39, 0.29) is 31.3 Å². The quantitative estimate of drug-likeness (QED) is 0.234. The standard InChI is InChI=1S/C39H48N6O7S/c1-6-44-32-12-11-24-15-28(32)29(35(44)27-9-7-13-40-34(27)23(2)49-5)17-39(3,4)22-51-37(47)30-10-8-14-45(43-30)36(46)25(16-33-42-31(24)21-53-33)18-41-38(48)52-26-19-50-20-26/h7,9,11-13,15,21,23,25-26,30,43H,6,8,10,14,16-20,22H2,1-5H3,(H,41,48)/t23-,25+,30-/m0/s1. The summed E-state index contributed by atoms with van der Waals surface area (Å²) < 4.78 is 24.7. The first-order chi connectivity index (χ1) is 25.5. The predicted octanol–water partition coefficient (Wildman–Crippen LogP) is 5.46. The smallest absolute Gasteiger partial charge is 0.407 e. The summed E-state index contributed by atoms with van der Waals surface area (Å²) in [5.41, 5.74) is 9.61. The van der Waals surface area contributed by atoms with Crippen molar-refractivity contribution in [1.82, 2.24) is 30.3 Å². The number of nitrogens with one attached hydrogen (secondary N) is 2. The van der Waals surface area contributed by atoms with Gasteiger partial charge in [0, 0.05) is 72.2 Å². The number of methoxy groups -OCH3 is 1. The van der Waals surface area contributed by atoms with Crippen LogP contribution in [0, 0.1) is 11.3 Å². The summed E-state index contributed by atoms with van der Waals surface area (Å²) in [4.78, 5) is 50.0. The molecule has 0 unspecified atom stereocenters. The number of carbonyl (C=O) groups excluding carboxylic acids is 3. The number of hydrogen-bond donors (Lipinski definition) is 2. The third-order valence-corrected chi connectivity index (χ3v) is 11.2. The maximum absolute atomic E-state index is 14.0. The zero-order chi connectivity index (χ0) is 37.3. The van der Waals surface area contributed by atoms with Gasteiger partial charge in [0.2, 0.25) is 5.91 Å². The second kappa shape index (κ2) is 15.5. The number of fused-ring (bicyclic) bond motifs is 6. The van der Waals surface area contributed by atoms with Crippen LogP contribution in [0.4, 0.5) is 4.79 Å².